The Hall–Kier alpha value is -4.37. The van der Waals surface area contributed by atoms with Crippen LogP contribution in [0.5, 0.6) is 5.75 Å². The van der Waals surface area contributed by atoms with Crippen LogP contribution in [0.15, 0.2) is 77.3 Å². The third kappa shape index (κ3) is 7.20. The molecule has 1 aromatic heterocycles. The number of rotatable bonds is 11. The molecule has 9 heteroatoms. The number of benzene rings is 3. The number of nitrogens with one attached hydrogen (secondary N) is 1. The standard InChI is InChI=1S/C37H44N2O6Si/c1-8-42-34(40)37(21-22-37)30-18-16-28(17-19-30)27-12-14-29(15-13-27)33-32(25(2)39-44-33)38-35(41)43-23-20-26-10-9-11-31(24-26)45-46(6,7)36(3,4)5/h9-19,24H,8,20-23H2,1-7H3,(H,38,41). The highest BCUT2D eigenvalue weighted by Gasteiger charge is 2.52. The van der Waals surface area contributed by atoms with E-state index in [4.69, 9.17) is 18.4 Å². The van der Waals surface area contributed by atoms with Gasteiger partial charge in [0.1, 0.15) is 17.1 Å². The molecule has 8 nitrogen and oxygen atoms in total. The van der Waals surface area contributed by atoms with Crippen LogP contribution >= 0.6 is 0 Å². The van der Waals surface area contributed by atoms with Gasteiger partial charge in [-0.3, -0.25) is 10.1 Å². The summed E-state index contributed by atoms with van der Waals surface area (Å²) >= 11 is 0. The van der Waals surface area contributed by atoms with Crippen LogP contribution < -0.4 is 9.74 Å². The van der Waals surface area contributed by atoms with Crippen LogP contribution in [0.3, 0.4) is 0 Å². The van der Waals surface area contributed by atoms with Gasteiger partial charge in [0.05, 0.1) is 18.6 Å². The van der Waals surface area contributed by atoms with Crippen LogP contribution in [0, 0.1) is 6.92 Å². The molecule has 4 aromatic rings. The number of ether oxygens (including phenoxy) is 2. The molecule has 1 amide bonds. The molecule has 5 rings (SSSR count). The first-order chi connectivity index (χ1) is 21.8. The monoisotopic (exact) mass is 640 g/mol. The summed E-state index contributed by atoms with van der Waals surface area (Å²) in [5, 5.41) is 7.00. The zero-order valence-electron chi connectivity index (χ0n) is 27.9. The zero-order chi connectivity index (χ0) is 33.1. The largest absolute Gasteiger partial charge is 0.543 e. The average Bonchev–Trinajstić information content (AvgIpc) is 3.75. The predicted octanol–water partition coefficient (Wildman–Crippen LogP) is 9.09. The van der Waals surface area contributed by atoms with E-state index in [2.05, 4.69) is 44.3 Å². The van der Waals surface area contributed by atoms with Crippen molar-refractivity contribution in [2.75, 3.05) is 18.5 Å². The van der Waals surface area contributed by atoms with Gasteiger partial charge in [-0.05, 0) is 79.2 Å². The Labute approximate surface area is 272 Å². The highest BCUT2D eigenvalue weighted by molar-refractivity contribution is 6.74. The van der Waals surface area contributed by atoms with Gasteiger partial charge < -0.3 is 18.4 Å². The van der Waals surface area contributed by atoms with Gasteiger partial charge in [-0.25, -0.2) is 4.79 Å². The molecular formula is C37H44N2O6Si. The van der Waals surface area contributed by atoms with Crippen LogP contribution in [-0.4, -0.2) is 38.8 Å². The van der Waals surface area contributed by atoms with Gasteiger partial charge >= 0.3 is 12.1 Å². The van der Waals surface area contributed by atoms with Gasteiger partial charge in [0.2, 0.25) is 8.32 Å². The zero-order valence-corrected chi connectivity index (χ0v) is 28.9. The first-order valence-corrected chi connectivity index (χ1v) is 18.8. The van der Waals surface area contributed by atoms with Crippen molar-refractivity contribution < 1.29 is 28.0 Å². The van der Waals surface area contributed by atoms with Crippen molar-refractivity contribution in [3.05, 3.63) is 89.6 Å². The van der Waals surface area contributed by atoms with E-state index in [0.717, 1.165) is 46.4 Å². The first-order valence-electron chi connectivity index (χ1n) is 15.9. The number of carbonyl (C=O) groups is 2. The van der Waals surface area contributed by atoms with Crippen LogP contribution in [0.1, 0.15) is 57.4 Å². The second-order valence-electron chi connectivity index (χ2n) is 13.5. The van der Waals surface area contributed by atoms with E-state index < -0.39 is 19.8 Å². The summed E-state index contributed by atoms with van der Waals surface area (Å²) in [5.74, 6) is 1.17. The minimum absolute atomic E-state index is 0.102. The molecule has 3 aromatic carbocycles. The predicted molar refractivity (Wildman–Crippen MR) is 183 cm³/mol. The molecule has 1 saturated carbocycles. The Bertz CT molecular complexity index is 1680. The molecule has 1 heterocycles. The molecule has 1 aliphatic carbocycles. The lowest BCUT2D eigenvalue weighted by Gasteiger charge is -2.36. The normalized spacial score (nSPS) is 14.0. The van der Waals surface area contributed by atoms with E-state index in [1.165, 1.54) is 0 Å². The van der Waals surface area contributed by atoms with Crippen LogP contribution in [0.4, 0.5) is 10.5 Å². The summed E-state index contributed by atoms with van der Waals surface area (Å²) in [6, 6.07) is 23.9. The van der Waals surface area contributed by atoms with Gasteiger partial charge in [-0.1, -0.05) is 86.6 Å². The van der Waals surface area contributed by atoms with E-state index in [1.54, 1.807) is 6.92 Å². The lowest BCUT2D eigenvalue weighted by atomic mass is 9.93. The van der Waals surface area contributed by atoms with Gasteiger partial charge in [0.15, 0.2) is 5.76 Å². The lowest BCUT2D eigenvalue weighted by molar-refractivity contribution is -0.146. The lowest BCUT2D eigenvalue weighted by Crippen LogP contribution is -2.43. The van der Waals surface area contributed by atoms with Crippen molar-refractivity contribution in [2.45, 2.75) is 77.4 Å². The van der Waals surface area contributed by atoms with Crippen LogP contribution in [0.2, 0.25) is 18.1 Å². The van der Waals surface area contributed by atoms with Gasteiger partial charge in [0, 0.05) is 12.0 Å². The molecule has 0 spiro atoms. The fourth-order valence-corrected chi connectivity index (χ4v) is 6.15. The molecule has 0 unspecified atom stereocenters. The number of aromatic nitrogens is 1. The molecule has 0 atom stereocenters. The van der Waals surface area contributed by atoms with Crippen molar-refractivity contribution in [2.24, 2.45) is 0 Å². The number of anilines is 1. The van der Waals surface area contributed by atoms with E-state index in [1.807, 2.05) is 79.7 Å². The molecule has 0 bridgehead atoms. The minimum Gasteiger partial charge on any atom is -0.543 e. The fraction of sp³-hybridized carbons (Fsp3) is 0.378. The van der Waals surface area contributed by atoms with Gasteiger partial charge in [-0.15, -0.1) is 0 Å². The summed E-state index contributed by atoms with van der Waals surface area (Å²) in [4.78, 5) is 25.2. The van der Waals surface area contributed by atoms with Crippen molar-refractivity contribution in [3.8, 4) is 28.2 Å². The maximum Gasteiger partial charge on any atom is 0.411 e. The SMILES string of the molecule is CCOC(=O)C1(c2ccc(-c3ccc(-c4onc(C)c4NC(=O)OCCc4cccc(O[Si](C)(C)C(C)(C)C)c4)cc3)cc2)CC1. The average molecular weight is 641 g/mol. The molecule has 0 aliphatic heterocycles. The second kappa shape index (κ2) is 13.2. The quantitative estimate of drug-likeness (QED) is 0.129. The highest BCUT2D eigenvalue weighted by atomic mass is 28.4. The van der Waals surface area contributed by atoms with E-state index in [9.17, 15) is 9.59 Å². The Morgan fingerprint density at radius 1 is 0.935 bits per heavy atom. The third-order valence-electron chi connectivity index (χ3n) is 9.13. The maximum atomic E-state index is 12.8. The van der Waals surface area contributed by atoms with Crippen LogP contribution in [-0.2, 0) is 26.1 Å². The topological polar surface area (TPSA) is 99.9 Å². The second-order valence-corrected chi connectivity index (χ2v) is 18.2. The molecule has 1 fully saturated rings. The molecular weight excluding hydrogens is 597 g/mol. The number of hydrogen-bond acceptors (Lipinski definition) is 7. The Balaban J connectivity index is 1.18. The summed E-state index contributed by atoms with van der Waals surface area (Å²) in [6.45, 7) is 15.3. The van der Waals surface area contributed by atoms with E-state index in [-0.39, 0.29) is 17.6 Å². The first kappa shape index (κ1) is 33.0. The molecule has 46 heavy (non-hydrogen) atoms. The third-order valence-corrected chi connectivity index (χ3v) is 13.5. The molecule has 242 valence electrons. The Kier molecular flexibility index (Phi) is 9.44. The summed E-state index contributed by atoms with van der Waals surface area (Å²) < 4.78 is 22.9. The minimum atomic E-state index is -1.95. The number of carbonyl (C=O) groups excluding carboxylic acids is 2. The molecule has 0 saturated heterocycles. The van der Waals surface area contributed by atoms with Crippen molar-refractivity contribution >= 4 is 26.1 Å². The molecule has 0 radical (unpaired) electrons. The smallest absolute Gasteiger partial charge is 0.411 e. The van der Waals surface area contributed by atoms with E-state index in [0.29, 0.717) is 30.2 Å². The highest BCUT2D eigenvalue weighted by Crippen LogP contribution is 2.49. The van der Waals surface area contributed by atoms with Crippen LogP contribution in [0.25, 0.3) is 22.5 Å². The van der Waals surface area contributed by atoms with Crippen molar-refractivity contribution in [1.29, 1.82) is 0 Å². The van der Waals surface area contributed by atoms with Gasteiger partial charge in [0.25, 0.3) is 0 Å². The Morgan fingerprint density at radius 2 is 1.57 bits per heavy atom. The van der Waals surface area contributed by atoms with Crippen molar-refractivity contribution in [1.82, 2.24) is 5.16 Å². The number of hydrogen-bond donors (Lipinski definition) is 1. The number of amides is 1. The fourth-order valence-electron chi connectivity index (χ4n) is 5.13. The van der Waals surface area contributed by atoms with Crippen molar-refractivity contribution in [3.63, 3.8) is 0 Å². The number of nitrogens with zero attached hydrogens (tertiary/aromatic N) is 1. The maximum absolute atomic E-state index is 12.8. The van der Waals surface area contributed by atoms with Gasteiger partial charge in [-0.2, -0.15) is 0 Å². The van der Waals surface area contributed by atoms with E-state index >= 15 is 0 Å². The number of esters is 1. The molecule has 1 aliphatic rings. The number of aryl methyl sites for hydroxylation is 1. The Morgan fingerprint density at radius 3 is 2.17 bits per heavy atom. The summed E-state index contributed by atoms with van der Waals surface area (Å²) in [7, 11) is -1.95. The summed E-state index contributed by atoms with van der Waals surface area (Å²) in [5.41, 5.74) is 5.38. The molecule has 1 N–H and O–H groups in total. The summed E-state index contributed by atoms with van der Waals surface area (Å²) in [6.07, 6.45) is 1.63.